The largest absolute Gasteiger partial charge is 0.494 e. The number of nitrogens with one attached hydrogen (secondary N) is 1. The molecule has 4 aromatic carbocycles. The van der Waals surface area contributed by atoms with E-state index in [1.165, 1.54) is 7.11 Å². The van der Waals surface area contributed by atoms with Gasteiger partial charge in [-0.1, -0.05) is 79.2 Å². The van der Waals surface area contributed by atoms with Gasteiger partial charge in [0.2, 0.25) is 5.91 Å². The molecule has 1 fully saturated rings. The Morgan fingerprint density at radius 3 is 2.16 bits per heavy atom. The Kier molecular flexibility index (Phi) is 10.4. The number of ether oxygens (including phenoxy) is 2. The maximum absolute atomic E-state index is 13.2. The number of methoxy groups -OCH3 is 1. The molecule has 7 heteroatoms. The zero-order valence-electron chi connectivity index (χ0n) is 25.0. The van der Waals surface area contributed by atoms with Crippen LogP contribution < -0.4 is 15.0 Å². The van der Waals surface area contributed by atoms with Crippen molar-refractivity contribution in [2.75, 3.05) is 30.5 Å². The number of rotatable bonds is 14. The van der Waals surface area contributed by atoms with Crippen LogP contribution >= 0.6 is 0 Å². The third-order valence-electron chi connectivity index (χ3n) is 7.97. The molecular weight excluding hydrogens is 552 g/mol. The summed E-state index contributed by atoms with van der Waals surface area (Å²) in [4.78, 5) is 40.9. The van der Waals surface area contributed by atoms with Crippen LogP contribution in [-0.2, 0) is 20.7 Å². The number of hydrogen-bond donors (Lipinski definition) is 1. The number of carbonyl (C=O) groups is 3. The molecular formula is C37H38N2O5. The van der Waals surface area contributed by atoms with Gasteiger partial charge in [-0.3, -0.25) is 9.59 Å². The predicted octanol–water partition coefficient (Wildman–Crippen LogP) is 6.72. The molecule has 0 radical (unpaired) electrons. The summed E-state index contributed by atoms with van der Waals surface area (Å²) in [7, 11) is 1.35. The third kappa shape index (κ3) is 7.72. The Balaban J connectivity index is 1.18. The highest BCUT2D eigenvalue weighted by molar-refractivity contribution is 6.12. The summed E-state index contributed by atoms with van der Waals surface area (Å²) in [6, 6.07) is 33.0. The fourth-order valence-corrected chi connectivity index (χ4v) is 5.30. The van der Waals surface area contributed by atoms with Gasteiger partial charge >= 0.3 is 5.97 Å². The SMILES string of the molecule is COC(=O)C(Cc1ccc(OCCCN(C(=O)C2CCC2)c2ccccc2)cc1)Nc1ccccc1C(=O)c1ccccc1. The van der Waals surface area contributed by atoms with Crippen molar-refractivity contribution in [3.63, 3.8) is 0 Å². The molecule has 226 valence electrons. The molecule has 1 aliphatic carbocycles. The number of hydrogen-bond acceptors (Lipinski definition) is 6. The first kappa shape index (κ1) is 30.5. The highest BCUT2D eigenvalue weighted by Crippen LogP contribution is 2.30. The van der Waals surface area contributed by atoms with Crippen LogP contribution in [0.3, 0.4) is 0 Å². The van der Waals surface area contributed by atoms with Crippen LogP contribution in [0.2, 0.25) is 0 Å². The van der Waals surface area contributed by atoms with Gasteiger partial charge in [-0.15, -0.1) is 0 Å². The van der Waals surface area contributed by atoms with Crippen LogP contribution in [0.4, 0.5) is 11.4 Å². The molecule has 1 N–H and O–H groups in total. The van der Waals surface area contributed by atoms with Gasteiger partial charge in [0.1, 0.15) is 11.8 Å². The zero-order valence-corrected chi connectivity index (χ0v) is 25.0. The summed E-state index contributed by atoms with van der Waals surface area (Å²) in [5.41, 5.74) is 3.46. The number of carbonyl (C=O) groups excluding carboxylic acids is 3. The van der Waals surface area contributed by atoms with Gasteiger partial charge in [0, 0.05) is 41.4 Å². The van der Waals surface area contributed by atoms with E-state index < -0.39 is 12.0 Å². The average Bonchev–Trinajstić information content (AvgIpc) is 3.04. The molecule has 4 aromatic rings. The van der Waals surface area contributed by atoms with Gasteiger partial charge in [0.05, 0.1) is 13.7 Å². The minimum atomic E-state index is -0.700. The normalized spacial score (nSPS) is 13.3. The molecule has 0 aliphatic heterocycles. The van der Waals surface area contributed by atoms with Crippen molar-refractivity contribution >= 4 is 29.0 Å². The molecule has 0 spiro atoms. The van der Waals surface area contributed by atoms with E-state index >= 15 is 0 Å². The Morgan fingerprint density at radius 2 is 1.50 bits per heavy atom. The topological polar surface area (TPSA) is 84.9 Å². The molecule has 7 nitrogen and oxygen atoms in total. The molecule has 1 saturated carbocycles. The Labute approximate surface area is 258 Å². The molecule has 1 unspecified atom stereocenters. The summed E-state index contributed by atoms with van der Waals surface area (Å²) >= 11 is 0. The zero-order chi connectivity index (χ0) is 30.7. The number of amides is 1. The molecule has 1 atom stereocenters. The Bertz CT molecular complexity index is 1540. The number of ketones is 1. The number of benzene rings is 4. The highest BCUT2D eigenvalue weighted by atomic mass is 16.5. The summed E-state index contributed by atoms with van der Waals surface area (Å²) < 4.78 is 11.1. The van der Waals surface area contributed by atoms with Crippen molar-refractivity contribution < 1.29 is 23.9 Å². The van der Waals surface area contributed by atoms with Gasteiger partial charge in [0.15, 0.2) is 5.78 Å². The van der Waals surface area contributed by atoms with Gasteiger partial charge < -0.3 is 19.7 Å². The summed E-state index contributed by atoms with van der Waals surface area (Å²) in [5, 5.41) is 3.24. The summed E-state index contributed by atoms with van der Waals surface area (Å²) in [6.07, 6.45) is 4.11. The first-order valence-electron chi connectivity index (χ1n) is 15.1. The van der Waals surface area contributed by atoms with Crippen molar-refractivity contribution in [2.45, 2.75) is 38.1 Å². The third-order valence-corrected chi connectivity index (χ3v) is 7.97. The first-order valence-corrected chi connectivity index (χ1v) is 15.1. The fourth-order valence-electron chi connectivity index (χ4n) is 5.30. The van der Waals surface area contributed by atoms with Gasteiger partial charge in [-0.25, -0.2) is 4.79 Å². The number of anilines is 2. The lowest BCUT2D eigenvalue weighted by molar-refractivity contribution is -0.141. The molecule has 5 rings (SSSR count). The number of para-hydroxylation sites is 2. The first-order chi connectivity index (χ1) is 21.5. The standard InChI is InChI=1S/C37H38N2O5/c1-43-37(42)34(38-33-19-9-8-18-32(33)35(40)28-12-4-2-5-13-28)26-27-20-22-31(23-21-27)44-25-11-24-39(30-16-6-3-7-17-30)36(41)29-14-10-15-29/h2-9,12-13,16-23,29,34,38H,10-11,14-15,24-26H2,1H3. The lowest BCUT2D eigenvalue weighted by Gasteiger charge is -2.31. The Morgan fingerprint density at radius 1 is 0.841 bits per heavy atom. The van der Waals surface area contributed by atoms with Crippen LogP contribution in [0.15, 0.2) is 109 Å². The van der Waals surface area contributed by atoms with E-state index in [4.69, 9.17) is 9.47 Å². The second kappa shape index (κ2) is 15.0. The van der Waals surface area contributed by atoms with Crippen molar-refractivity contribution in [2.24, 2.45) is 5.92 Å². The van der Waals surface area contributed by atoms with E-state index in [1.54, 1.807) is 30.3 Å². The molecule has 44 heavy (non-hydrogen) atoms. The lowest BCUT2D eigenvalue weighted by atomic mass is 9.84. The van der Waals surface area contributed by atoms with Gasteiger partial charge in [0.25, 0.3) is 0 Å². The smallest absolute Gasteiger partial charge is 0.328 e. The second-order valence-corrected chi connectivity index (χ2v) is 11.0. The molecule has 1 amide bonds. The van der Waals surface area contributed by atoms with Crippen LogP contribution in [0.25, 0.3) is 0 Å². The van der Waals surface area contributed by atoms with E-state index in [0.29, 0.717) is 48.6 Å². The molecule has 1 aliphatic rings. The second-order valence-electron chi connectivity index (χ2n) is 11.0. The van der Waals surface area contributed by atoms with Crippen LogP contribution in [-0.4, -0.2) is 44.0 Å². The van der Waals surface area contributed by atoms with E-state index in [2.05, 4.69) is 5.32 Å². The molecule has 0 aromatic heterocycles. The summed E-state index contributed by atoms with van der Waals surface area (Å²) in [5.74, 6) is 0.494. The highest BCUT2D eigenvalue weighted by Gasteiger charge is 2.30. The predicted molar refractivity (Wildman–Crippen MR) is 172 cm³/mol. The van der Waals surface area contributed by atoms with Gasteiger partial charge in [-0.2, -0.15) is 0 Å². The van der Waals surface area contributed by atoms with Crippen LogP contribution in [0.1, 0.15) is 47.2 Å². The summed E-state index contributed by atoms with van der Waals surface area (Å²) in [6.45, 7) is 1.07. The fraction of sp³-hybridized carbons (Fsp3) is 0.270. The number of nitrogens with zero attached hydrogens (tertiary/aromatic N) is 1. The lowest BCUT2D eigenvalue weighted by Crippen LogP contribution is -2.40. The van der Waals surface area contributed by atoms with Crippen molar-refractivity contribution in [1.29, 1.82) is 0 Å². The number of esters is 1. The monoisotopic (exact) mass is 590 g/mol. The van der Waals surface area contributed by atoms with Crippen LogP contribution in [0.5, 0.6) is 5.75 Å². The van der Waals surface area contributed by atoms with Crippen LogP contribution in [0, 0.1) is 5.92 Å². The van der Waals surface area contributed by atoms with E-state index in [1.807, 2.05) is 83.8 Å². The maximum Gasteiger partial charge on any atom is 0.328 e. The van der Waals surface area contributed by atoms with Gasteiger partial charge in [-0.05, 0) is 61.2 Å². The van der Waals surface area contributed by atoms with E-state index in [-0.39, 0.29) is 17.6 Å². The van der Waals surface area contributed by atoms with Crippen molar-refractivity contribution in [1.82, 2.24) is 0 Å². The quantitative estimate of drug-likeness (QED) is 0.0998. The minimum Gasteiger partial charge on any atom is -0.494 e. The average molecular weight is 591 g/mol. The molecule has 0 heterocycles. The van der Waals surface area contributed by atoms with E-state index in [9.17, 15) is 14.4 Å². The Hall–Kier alpha value is -4.91. The maximum atomic E-state index is 13.2. The minimum absolute atomic E-state index is 0.127. The van der Waals surface area contributed by atoms with E-state index in [0.717, 1.165) is 30.5 Å². The van der Waals surface area contributed by atoms with Crippen molar-refractivity contribution in [3.8, 4) is 5.75 Å². The molecule has 0 bridgehead atoms. The van der Waals surface area contributed by atoms with Crippen molar-refractivity contribution in [3.05, 3.63) is 126 Å². The molecule has 0 saturated heterocycles.